The van der Waals surface area contributed by atoms with Gasteiger partial charge in [-0.3, -0.25) is 14.0 Å². The van der Waals surface area contributed by atoms with Crippen LogP contribution in [0, 0.1) is 0 Å². The van der Waals surface area contributed by atoms with Gasteiger partial charge in [-0.2, -0.15) is 13.2 Å². The van der Waals surface area contributed by atoms with Gasteiger partial charge in [-0.15, -0.1) is 0 Å². The maximum absolute atomic E-state index is 12.9. The lowest BCUT2D eigenvalue weighted by Gasteiger charge is -2.18. The van der Waals surface area contributed by atoms with Crippen LogP contribution in [0.5, 0.6) is 0 Å². The van der Waals surface area contributed by atoms with Crippen LogP contribution >= 0.6 is 23.5 Å². The standard InChI is InChI=1S/C12H9ClF3N3O2S/c13-18-6-22-8(9(18)12(14,15)16)11(21)19(17)10(20)7-4-2-1-3-5-7/h1-5H,6,17H2. The molecule has 0 bridgehead atoms. The van der Waals surface area contributed by atoms with Crippen LogP contribution in [0.2, 0.25) is 0 Å². The molecule has 0 radical (unpaired) electrons. The molecule has 0 fully saturated rings. The molecular formula is C12H9ClF3N3O2S. The van der Waals surface area contributed by atoms with Gasteiger partial charge in [0.05, 0.1) is 5.88 Å². The molecule has 22 heavy (non-hydrogen) atoms. The lowest BCUT2D eigenvalue weighted by Crippen LogP contribution is -2.43. The van der Waals surface area contributed by atoms with E-state index in [2.05, 4.69) is 0 Å². The second-order valence-corrected chi connectivity index (χ2v) is 5.52. The maximum Gasteiger partial charge on any atom is 0.433 e. The summed E-state index contributed by atoms with van der Waals surface area (Å²) in [7, 11) is 0. The van der Waals surface area contributed by atoms with E-state index in [1.54, 1.807) is 6.07 Å². The number of hydrogen-bond donors (Lipinski definition) is 1. The van der Waals surface area contributed by atoms with E-state index in [1.165, 1.54) is 24.3 Å². The SMILES string of the molecule is NN(C(=O)C1=C(C(F)(F)F)N(Cl)CS1)C(=O)c1ccccc1. The summed E-state index contributed by atoms with van der Waals surface area (Å²) in [5.74, 6) is 2.94. The number of imide groups is 1. The molecule has 5 nitrogen and oxygen atoms in total. The number of halogens is 4. The zero-order chi connectivity index (χ0) is 16.5. The number of rotatable bonds is 2. The molecule has 1 aliphatic rings. The van der Waals surface area contributed by atoms with Crippen molar-refractivity contribution in [2.24, 2.45) is 5.84 Å². The molecule has 1 aromatic carbocycles. The van der Waals surface area contributed by atoms with Crippen LogP contribution < -0.4 is 5.84 Å². The monoisotopic (exact) mass is 351 g/mol. The summed E-state index contributed by atoms with van der Waals surface area (Å²) < 4.78 is 39.1. The van der Waals surface area contributed by atoms with Crippen molar-refractivity contribution in [1.82, 2.24) is 9.43 Å². The van der Waals surface area contributed by atoms with Gasteiger partial charge in [-0.25, -0.2) is 10.9 Å². The first kappa shape index (κ1) is 16.7. The van der Waals surface area contributed by atoms with Crippen LogP contribution in [0.25, 0.3) is 0 Å². The van der Waals surface area contributed by atoms with E-state index in [4.69, 9.17) is 17.6 Å². The van der Waals surface area contributed by atoms with E-state index in [1.807, 2.05) is 0 Å². The number of hydrogen-bond acceptors (Lipinski definition) is 5. The van der Waals surface area contributed by atoms with Crippen LogP contribution in [-0.4, -0.2) is 33.3 Å². The normalized spacial score (nSPS) is 15.2. The van der Waals surface area contributed by atoms with Crippen molar-refractivity contribution < 1.29 is 22.8 Å². The minimum atomic E-state index is -4.83. The van der Waals surface area contributed by atoms with Crippen LogP contribution in [0.15, 0.2) is 40.9 Å². The van der Waals surface area contributed by atoms with E-state index in [9.17, 15) is 22.8 Å². The largest absolute Gasteiger partial charge is 0.433 e. The number of carbonyl (C=O) groups is 2. The predicted octanol–water partition coefficient (Wildman–Crippen LogP) is 2.46. The Bertz CT molecular complexity index is 636. The summed E-state index contributed by atoms with van der Waals surface area (Å²) in [6, 6.07) is 7.50. The molecule has 1 aromatic rings. The molecule has 0 atom stereocenters. The van der Waals surface area contributed by atoms with E-state index in [0.29, 0.717) is 16.2 Å². The molecule has 2 N–H and O–H groups in total. The topological polar surface area (TPSA) is 66.6 Å². The van der Waals surface area contributed by atoms with Crippen molar-refractivity contribution in [3.63, 3.8) is 0 Å². The number of carbonyl (C=O) groups excluding carboxylic acids is 2. The Morgan fingerprint density at radius 2 is 1.82 bits per heavy atom. The van der Waals surface area contributed by atoms with Crippen molar-refractivity contribution in [2.75, 3.05) is 5.88 Å². The first-order chi connectivity index (χ1) is 10.2. The molecular weight excluding hydrogens is 343 g/mol. The average molecular weight is 352 g/mol. The van der Waals surface area contributed by atoms with Gasteiger partial charge in [0.1, 0.15) is 4.91 Å². The fraction of sp³-hybridized carbons (Fsp3) is 0.167. The fourth-order valence-corrected chi connectivity index (χ4v) is 3.05. The van der Waals surface area contributed by atoms with Crippen LogP contribution in [-0.2, 0) is 4.79 Å². The summed E-state index contributed by atoms with van der Waals surface area (Å²) in [5.41, 5.74) is -1.24. The third kappa shape index (κ3) is 3.21. The van der Waals surface area contributed by atoms with Gasteiger partial charge >= 0.3 is 6.18 Å². The Morgan fingerprint density at radius 3 is 2.36 bits per heavy atom. The second-order valence-electron chi connectivity index (χ2n) is 4.16. The minimum Gasteiger partial charge on any atom is -0.269 e. The highest BCUT2D eigenvalue weighted by molar-refractivity contribution is 8.04. The summed E-state index contributed by atoms with van der Waals surface area (Å²) >= 11 is 6.01. The summed E-state index contributed by atoms with van der Waals surface area (Å²) in [5, 5.41) is 0.152. The third-order valence-corrected chi connectivity index (χ3v) is 4.18. The van der Waals surface area contributed by atoms with E-state index < -0.39 is 28.6 Å². The van der Waals surface area contributed by atoms with Gasteiger partial charge in [0, 0.05) is 17.3 Å². The van der Waals surface area contributed by atoms with Crippen molar-refractivity contribution in [3.05, 3.63) is 46.5 Å². The molecule has 0 saturated heterocycles. The van der Waals surface area contributed by atoms with Gasteiger partial charge in [-0.1, -0.05) is 30.0 Å². The highest BCUT2D eigenvalue weighted by atomic mass is 35.5. The number of nitrogens with zero attached hydrogens (tertiary/aromatic N) is 2. The Labute approximate surface area is 132 Å². The molecule has 0 saturated carbocycles. The van der Waals surface area contributed by atoms with Gasteiger partial charge in [0.25, 0.3) is 11.8 Å². The Balaban J connectivity index is 2.31. The van der Waals surface area contributed by atoms with Crippen molar-refractivity contribution in [3.8, 4) is 0 Å². The van der Waals surface area contributed by atoms with Crippen LogP contribution in [0.4, 0.5) is 13.2 Å². The van der Waals surface area contributed by atoms with Crippen molar-refractivity contribution in [2.45, 2.75) is 6.18 Å². The molecule has 0 aromatic heterocycles. The minimum absolute atomic E-state index is 0.0817. The summed E-state index contributed by atoms with van der Waals surface area (Å²) in [4.78, 5) is 23.4. The van der Waals surface area contributed by atoms with Gasteiger partial charge in [0.15, 0.2) is 5.70 Å². The number of thioether (sulfide) groups is 1. The first-order valence-electron chi connectivity index (χ1n) is 5.79. The Kier molecular flexibility index (Phi) is 4.69. The number of allylic oxidation sites excluding steroid dienone is 1. The first-order valence-corrected chi connectivity index (χ1v) is 7.12. The summed E-state index contributed by atoms with van der Waals surface area (Å²) in [6.07, 6.45) is -4.83. The fourth-order valence-electron chi connectivity index (χ4n) is 1.72. The molecule has 0 unspecified atom stereocenters. The Hall–Kier alpha value is -1.71. The van der Waals surface area contributed by atoms with Crippen molar-refractivity contribution >= 4 is 35.4 Å². The lowest BCUT2D eigenvalue weighted by atomic mass is 10.2. The average Bonchev–Trinajstić information content (AvgIpc) is 2.87. The van der Waals surface area contributed by atoms with E-state index >= 15 is 0 Å². The smallest absolute Gasteiger partial charge is 0.269 e. The molecule has 2 amide bonds. The van der Waals surface area contributed by atoms with Crippen LogP contribution in [0.1, 0.15) is 10.4 Å². The Morgan fingerprint density at radius 1 is 1.23 bits per heavy atom. The molecule has 0 spiro atoms. The number of alkyl halides is 3. The van der Waals surface area contributed by atoms with E-state index in [-0.39, 0.29) is 16.4 Å². The number of amides is 2. The maximum atomic E-state index is 12.9. The quantitative estimate of drug-likeness (QED) is 0.291. The molecule has 1 aliphatic heterocycles. The highest BCUT2D eigenvalue weighted by Crippen LogP contribution is 2.43. The second kappa shape index (κ2) is 6.19. The molecule has 118 valence electrons. The lowest BCUT2D eigenvalue weighted by molar-refractivity contribution is -0.126. The van der Waals surface area contributed by atoms with Crippen molar-refractivity contribution in [1.29, 1.82) is 0 Å². The zero-order valence-electron chi connectivity index (χ0n) is 10.8. The predicted molar refractivity (Wildman–Crippen MR) is 75.0 cm³/mol. The molecule has 0 aliphatic carbocycles. The molecule has 2 rings (SSSR count). The van der Waals surface area contributed by atoms with Gasteiger partial charge < -0.3 is 0 Å². The molecule has 10 heteroatoms. The summed E-state index contributed by atoms with van der Waals surface area (Å²) in [6.45, 7) is 0. The number of benzene rings is 1. The highest BCUT2D eigenvalue weighted by Gasteiger charge is 2.46. The number of nitrogens with two attached hydrogens (primary N) is 1. The zero-order valence-corrected chi connectivity index (χ0v) is 12.4. The third-order valence-electron chi connectivity index (χ3n) is 2.70. The van der Waals surface area contributed by atoms with Gasteiger partial charge in [0.2, 0.25) is 0 Å². The number of hydrazine groups is 1. The van der Waals surface area contributed by atoms with Gasteiger partial charge in [-0.05, 0) is 12.1 Å². The van der Waals surface area contributed by atoms with Crippen LogP contribution in [0.3, 0.4) is 0 Å². The van der Waals surface area contributed by atoms with E-state index in [0.717, 1.165) is 0 Å². The molecule has 1 heterocycles.